The fourth-order valence-electron chi connectivity index (χ4n) is 5.15. The lowest BCUT2D eigenvalue weighted by atomic mass is 9.77. The molecule has 1 amide bonds. The zero-order valence-corrected chi connectivity index (χ0v) is 18.0. The van der Waals surface area contributed by atoms with Crippen LogP contribution in [0, 0.1) is 0 Å². The minimum atomic E-state index is -0.376. The highest BCUT2D eigenvalue weighted by Gasteiger charge is 2.45. The van der Waals surface area contributed by atoms with E-state index in [-0.39, 0.29) is 5.41 Å². The SMILES string of the molecule is COc1ccc(C2CCCCN(C(=O)C3(c4ccc(Cl)cc4)CCCC3)C2)cc1. The quantitative estimate of drug-likeness (QED) is 0.621. The van der Waals surface area contributed by atoms with Gasteiger partial charge in [-0.05, 0) is 61.1 Å². The Morgan fingerprint density at radius 3 is 2.34 bits per heavy atom. The first kappa shape index (κ1) is 20.3. The highest BCUT2D eigenvalue weighted by atomic mass is 35.5. The molecule has 154 valence electrons. The van der Waals surface area contributed by atoms with Gasteiger partial charge in [-0.3, -0.25) is 4.79 Å². The Hall–Kier alpha value is -2.00. The number of methoxy groups -OCH3 is 1. The molecule has 1 aliphatic heterocycles. The van der Waals surface area contributed by atoms with Crippen LogP contribution in [0.5, 0.6) is 5.75 Å². The molecule has 1 heterocycles. The molecule has 2 aromatic rings. The number of hydrogen-bond donors (Lipinski definition) is 0. The van der Waals surface area contributed by atoms with E-state index in [1.54, 1.807) is 7.11 Å². The molecule has 1 atom stereocenters. The van der Waals surface area contributed by atoms with Crippen molar-refractivity contribution in [2.45, 2.75) is 56.3 Å². The summed E-state index contributed by atoms with van der Waals surface area (Å²) in [6.45, 7) is 1.67. The molecule has 3 nitrogen and oxygen atoms in total. The van der Waals surface area contributed by atoms with Crippen LogP contribution < -0.4 is 4.74 Å². The lowest BCUT2D eigenvalue weighted by Crippen LogP contribution is -2.46. The van der Waals surface area contributed by atoms with Crippen LogP contribution >= 0.6 is 11.6 Å². The molecule has 2 fully saturated rings. The number of carbonyl (C=O) groups is 1. The van der Waals surface area contributed by atoms with Crippen LogP contribution in [0.1, 0.15) is 62.0 Å². The number of amides is 1. The Balaban J connectivity index is 1.59. The molecule has 0 radical (unpaired) electrons. The molecule has 1 saturated heterocycles. The van der Waals surface area contributed by atoms with Gasteiger partial charge in [0.15, 0.2) is 0 Å². The summed E-state index contributed by atoms with van der Waals surface area (Å²) in [5, 5.41) is 0.726. The summed E-state index contributed by atoms with van der Waals surface area (Å²) in [6.07, 6.45) is 7.48. The van der Waals surface area contributed by atoms with E-state index >= 15 is 0 Å². The van der Waals surface area contributed by atoms with E-state index in [1.807, 2.05) is 24.3 Å². The third-order valence-electron chi connectivity index (χ3n) is 6.81. The maximum absolute atomic E-state index is 13.9. The van der Waals surface area contributed by atoms with E-state index in [4.69, 9.17) is 16.3 Å². The Morgan fingerprint density at radius 1 is 1.00 bits per heavy atom. The summed E-state index contributed by atoms with van der Waals surface area (Å²) in [6, 6.07) is 16.3. The van der Waals surface area contributed by atoms with Crippen molar-refractivity contribution in [3.8, 4) is 5.75 Å². The fourth-order valence-corrected chi connectivity index (χ4v) is 5.28. The topological polar surface area (TPSA) is 29.5 Å². The molecule has 0 spiro atoms. The minimum Gasteiger partial charge on any atom is -0.497 e. The predicted octanol–water partition coefficient (Wildman–Crippen LogP) is 5.96. The van der Waals surface area contributed by atoms with Crippen LogP contribution in [0.4, 0.5) is 0 Å². The predicted molar refractivity (Wildman–Crippen MR) is 118 cm³/mol. The molecule has 1 unspecified atom stereocenters. The lowest BCUT2D eigenvalue weighted by molar-refractivity contribution is -0.137. The van der Waals surface area contributed by atoms with E-state index in [2.05, 4.69) is 29.2 Å². The summed E-state index contributed by atoms with van der Waals surface area (Å²) in [7, 11) is 1.69. The van der Waals surface area contributed by atoms with Crippen molar-refractivity contribution < 1.29 is 9.53 Å². The average Bonchev–Trinajstić information content (AvgIpc) is 3.13. The Kier molecular flexibility index (Phi) is 6.15. The van der Waals surface area contributed by atoms with Gasteiger partial charge in [0, 0.05) is 24.0 Å². The minimum absolute atomic E-state index is 0.317. The van der Waals surface area contributed by atoms with Gasteiger partial charge in [0.05, 0.1) is 12.5 Å². The van der Waals surface area contributed by atoms with Crippen LogP contribution in [0.2, 0.25) is 5.02 Å². The first-order valence-corrected chi connectivity index (χ1v) is 11.2. The van der Waals surface area contributed by atoms with Gasteiger partial charge < -0.3 is 9.64 Å². The van der Waals surface area contributed by atoms with E-state index in [9.17, 15) is 4.79 Å². The van der Waals surface area contributed by atoms with Crippen molar-refractivity contribution in [3.05, 3.63) is 64.7 Å². The second kappa shape index (κ2) is 8.79. The van der Waals surface area contributed by atoms with Gasteiger partial charge >= 0.3 is 0 Å². The maximum Gasteiger partial charge on any atom is 0.233 e. The number of ether oxygens (including phenoxy) is 1. The lowest BCUT2D eigenvalue weighted by Gasteiger charge is -2.36. The summed E-state index contributed by atoms with van der Waals surface area (Å²) >= 11 is 6.12. The van der Waals surface area contributed by atoms with E-state index in [0.29, 0.717) is 11.8 Å². The number of carbonyl (C=O) groups excluding carboxylic acids is 1. The third-order valence-corrected chi connectivity index (χ3v) is 7.06. The normalized spacial score (nSPS) is 21.6. The van der Waals surface area contributed by atoms with E-state index < -0.39 is 0 Å². The number of halogens is 1. The summed E-state index contributed by atoms with van der Waals surface area (Å²) in [5.74, 6) is 1.58. The van der Waals surface area contributed by atoms with E-state index in [0.717, 1.165) is 74.4 Å². The number of likely N-dealkylation sites (tertiary alicyclic amines) is 1. The van der Waals surface area contributed by atoms with Crippen molar-refractivity contribution in [2.24, 2.45) is 0 Å². The standard InChI is InChI=1S/C25H30ClNO2/c1-29-23-13-7-19(8-14-23)20-6-2-5-17-27(18-20)24(28)25(15-3-4-16-25)21-9-11-22(26)12-10-21/h7-14,20H,2-6,15-18H2,1H3. The van der Waals surface area contributed by atoms with Gasteiger partial charge in [0.25, 0.3) is 0 Å². The largest absolute Gasteiger partial charge is 0.497 e. The van der Waals surface area contributed by atoms with Crippen LogP contribution in [0.25, 0.3) is 0 Å². The fraction of sp³-hybridized carbons (Fsp3) is 0.480. The summed E-state index contributed by atoms with van der Waals surface area (Å²) in [4.78, 5) is 16.1. The van der Waals surface area contributed by atoms with Crippen molar-refractivity contribution in [3.63, 3.8) is 0 Å². The van der Waals surface area contributed by atoms with Crippen LogP contribution in [0.3, 0.4) is 0 Å². The number of nitrogens with zero attached hydrogens (tertiary/aromatic N) is 1. The van der Waals surface area contributed by atoms with Gasteiger partial charge in [-0.25, -0.2) is 0 Å². The molecule has 2 aliphatic rings. The number of rotatable bonds is 4. The number of benzene rings is 2. The maximum atomic E-state index is 13.9. The van der Waals surface area contributed by atoms with Crippen LogP contribution in [-0.4, -0.2) is 31.0 Å². The highest BCUT2D eigenvalue weighted by molar-refractivity contribution is 6.30. The summed E-state index contributed by atoms with van der Waals surface area (Å²) in [5.41, 5.74) is 2.06. The van der Waals surface area contributed by atoms with Gasteiger partial charge in [0.2, 0.25) is 5.91 Å². The van der Waals surface area contributed by atoms with Crippen molar-refractivity contribution in [1.29, 1.82) is 0 Å². The Labute approximate surface area is 179 Å². The monoisotopic (exact) mass is 411 g/mol. The molecule has 0 bridgehead atoms. The smallest absolute Gasteiger partial charge is 0.233 e. The second-order valence-electron chi connectivity index (χ2n) is 8.51. The Bertz CT molecular complexity index is 825. The van der Waals surface area contributed by atoms with E-state index in [1.165, 1.54) is 5.56 Å². The van der Waals surface area contributed by atoms with Crippen LogP contribution in [-0.2, 0) is 10.2 Å². The average molecular weight is 412 g/mol. The third kappa shape index (κ3) is 4.16. The van der Waals surface area contributed by atoms with Crippen molar-refractivity contribution in [1.82, 2.24) is 4.90 Å². The van der Waals surface area contributed by atoms with Crippen molar-refractivity contribution >= 4 is 17.5 Å². The number of hydrogen-bond acceptors (Lipinski definition) is 2. The van der Waals surface area contributed by atoms with Crippen LogP contribution in [0.15, 0.2) is 48.5 Å². The molecule has 29 heavy (non-hydrogen) atoms. The van der Waals surface area contributed by atoms with Gasteiger partial charge in [0.1, 0.15) is 5.75 Å². The van der Waals surface area contributed by atoms with Gasteiger partial charge in [-0.1, -0.05) is 55.1 Å². The molecular weight excluding hydrogens is 382 g/mol. The molecule has 0 N–H and O–H groups in total. The van der Waals surface area contributed by atoms with Gasteiger partial charge in [-0.2, -0.15) is 0 Å². The molecule has 0 aromatic heterocycles. The zero-order valence-electron chi connectivity index (χ0n) is 17.2. The molecule has 1 saturated carbocycles. The molecular formula is C25H30ClNO2. The Morgan fingerprint density at radius 2 is 1.69 bits per heavy atom. The molecule has 2 aromatic carbocycles. The highest BCUT2D eigenvalue weighted by Crippen LogP contribution is 2.44. The molecule has 4 heteroatoms. The zero-order chi connectivity index (χ0) is 20.3. The molecule has 1 aliphatic carbocycles. The molecule has 4 rings (SSSR count). The van der Waals surface area contributed by atoms with Crippen molar-refractivity contribution in [2.75, 3.05) is 20.2 Å². The first-order chi connectivity index (χ1) is 14.1. The second-order valence-corrected chi connectivity index (χ2v) is 8.95. The summed E-state index contributed by atoms with van der Waals surface area (Å²) < 4.78 is 5.30. The van der Waals surface area contributed by atoms with Gasteiger partial charge in [-0.15, -0.1) is 0 Å². The first-order valence-electron chi connectivity index (χ1n) is 10.8.